The molecule has 3 aromatic rings. The van der Waals surface area contributed by atoms with Gasteiger partial charge >= 0.3 is 0 Å². The van der Waals surface area contributed by atoms with Gasteiger partial charge in [0, 0.05) is 24.2 Å². The Hall–Kier alpha value is -4.12. The van der Waals surface area contributed by atoms with Crippen molar-refractivity contribution in [2.75, 3.05) is 25.1 Å². The molecule has 11 heteroatoms. The molecule has 43 heavy (non-hydrogen) atoms. The quantitative estimate of drug-likeness (QED) is 0.315. The van der Waals surface area contributed by atoms with Gasteiger partial charge in [0.15, 0.2) is 11.5 Å². The first-order chi connectivity index (χ1) is 20.5. The fourth-order valence-electron chi connectivity index (χ4n) is 5.13. The summed E-state index contributed by atoms with van der Waals surface area (Å²) in [4.78, 5) is 28.5. The van der Waals surface area contributed by atoms with Gasteiger partial charge in [-0.3, -0.25) is 13.9 Å². The van der Waals surface area contributed by atoms with Crippen LogP contribution >= 0.6 is 0 Å². The van der Waals surface area contributed by atoms with Crippen molar-refractivity contribution in [2.24, 2.45) is 0 Å². The van der Waals surface area contributed by atoms with Crippen LogP contribution in [-0.4, -0.2) is 58.0 Å². The molecule has 4 rings (SSSR count). The molecule has 0 saturated heterocycles. The van der Waals surface area contributed by atoms with Crippen LogP contribution in [0.3, 0.4) is 0 Å². The number of methoxy groups -OCH3 is 2. The highest BCUT2D eigenvalue weighted by molar-refractivity contribution is 7.92. The van der Waals surface area contributed by atoms with E-state index in [0.29, 0.717) is 5.75 Å². The van der Waals surface area contributed by atoms with E-state index in [1.165, 1.54) is 55.5 Å². The molecule has 9 nitrogen and oxygen atoms in total. The van der Waals surface area contributed by atoms with Crippen molar-refractivity contribution in [3.8, 4) is 11.5 Å². The van der Waals surface area contributed by atoms with Crippen molar-refractivity contribution in [1.29, 1.82) is 0 Å². The number of amides is 2. The maximum atomic E-state index is 14.7. The molecule has 1 aliphatic rings. The number of carbonyl (C=O) groups excluding carboxylic acids is 2. The normalized spacial score (nSPS) is 14.2. The van der Waals surface area contributed by atoms with Gasteiger partial charge in [-0.1, -0.05) is 48.7 Å². The maximum absolute atomic E-state index is 14.7. The summed E-state index contributed by atoms with van der Waals surface area (Å²) in [5, 5.41) is 3.00. The first-order valence-corrected chi connectivity index (χ1v) is 15.6. The summed E-state index contributed by atoms with van der Waals surface area (Å²) in [5.41, 5.74) is 1.36. The number of rotatable bonds is 12. The Bertz CT molecular complexity index is 1540. The van der Waals surface area contributed by atoms with E-state index in [-0.39, 0.29) is 40.4 Å². The number of hydrogen-bond donors (Lipinski definition) is 1. The molecule has 0 bridgehead atoms. The number of benzene rings is 3. The van der Waals surface area contributed by atoms with Crippen LogP contribution in [-0.2, 0) is 26.2 Å². The van der Waals surface area contributed by atoms with Gasteiger partial charge in [0.05, 0.1) is 24.8 Å². The molecule has 1 N–H and O–H groups in total. The van der Waals surface area contributed by atoms with Gasteiger partial charge in [-0.2, -0.15) is 0 Å². The van der Waals surface area contributed by atoms with E-state index in [4.69, 9.17) is 9.47 Å². The summed E-state index contributed by atoms with van der Waals surface area (Å²) >= 11 is 0. The highest BCUT2D eigenvalue weighted by Gasteiger charge is 2.34. The third-order valence-electron chi connectivity index (χ3n) is 7.71. The zero-order valence-electron chi connectivity index (χ0n) is 24.9. The molecule has 0 radical (unpaired) electrons. The van der Waals surface area contributed by atoms with E-state index in [1.807, 2.05) is 6.92 Å². The van der Waals surface area contributed by atoms with Gasteiger partial charge in [-0.25, -0.2) is 12.8 Å². The molecule has 230 valence electrons. The van der Waals surface area contributed by atoms with Crippen LogP contribution in [0.2, 0.25) is 0 Å². The summed E-state index contributed by atoms with van der Waals surface area (Å²) in [7, 11) is -1.48. The fourth-order valence-corrected chi connectivity index (χ4v) is 6.56. The van der Waals surface area contributed by atoms with Crippen molar-refractivity contribution in [3.63, 3.8) is 0 Å². The van der Waals surface area contributed by atoms with Gasteiger partial charge in [0.2, 0.25) is 11.8 Å². The first-order valence-electron chi connectivity index (χ1n) is 14.2. The lowest BCUT2D eigenvalue weighted by Crippen LogP contribution is -2.52. The number of carbonyl (C=O) groups is 2. The monoisotopic (exact) mass is 611 g/mol. The molecule has 0 spiro atoms. The zero-order valence-corrected chi connectivity index (χ0v) is 25.7. The Morgan fingerprint density at radius 3 is 2.26 bits per heavy atom. The third kappa shape index (κ3) is 7.45. The van der Waals surface area contributed by atoms with Crippen LogP contribution in [0, 0.1) is 12.7 Å². The largest absolute Gasteiger partial charge is 0.493 e. The first kappa shape index (κ1) is 31.8. The standard InChI is InChI=1S/C32H38FN3O6S/c1-22-13-15-26(16-14-22)36(43(39,40)27-17-18-29(41-3)30(19-27)42-4)21-31(37)35(20-24-9-5-8-12-28(24)33)23(2)32(38)34-25-10-6-7-11-25/h5,8-9,12-19,23,25H,6-7,10-11,20-21H2,1-4H3,(H,34,38). The predicted molar refractivity (Wildman–Crippen MR) is 162 cm³/mol. The SMILES string of the molecule is COc1ccc(S(=O)(=O)N(CC(=O)N(Cc2ccccc2F)C(C)C(=O)NC2CCCC2)c2ccc(C)cc2)cc1OC. The summed E-state index contributed by atoms with van der Waals surface area (Å²) in [5.74, 6) is -1.02. The van der Waals surface area contributed by atoms with Crippen LogP contribution in [0.25, 0.3) is 0 Å². The summed E-state index contributed by atoms with van der Waals surface area (Å²) in [6.45, 7) is 2.59. The Morgan fingerprint density at radius 1 is 0.977 bits per heavy atom. The predicted octanol–water partition coefficient (Wildman–Crippen LogP) is 4.82. The number of hydrogen-bond acceptors (Lipinski definition) is 6. The smallest absolute Gasteiger partial charge is 0.264 e. The average molecular weight is 612 g/mol. The zero-order chi connectivity index (χ0) is 31.1. The number of anilines is 1. The number of aryl methyl sites for hydroxylation is 1. The van der Waals surface area contributed by atoms with E-state index < -0.39 is 34.3 Å². The molecular weight excluding hydrogens is 573 g/mol. The second-order valence-electron chi connectivity index (χ2n) is 10.6. The van der Waals surface area contributed by atoms with Gasteiger partial charge in [0.1, 0.15) is 18.4 Å². The minimum absolute atomic E-state index is 0.00912. The lowest BCUT2D eigenvalue weighted by atomic mass is 10.1. The van der Waals surface area contributed by atoms with Crippen LogP contribution in [0.5, 0.6) is 11.5 Å². The van der Waals surface area contributed by atoms with E-state index in [1.54, 1.807) is 37.3 Å². The number of sulfonamides is 1. The minimum Gasteiger partial charge on any atom is -0.493 e. The van der Waals surface area contributed by atoms with Gasteiger partial charge in [-0.05, 0) is 57.0 Å². The lowest BCUT2D eigenvalue weighted by molar-refractivity contribution is -0.139. The Labute approximate surface area is 252 Å². The van der Waals surface area contributed by atoms with Crippen molar-refractivity contribution in [1.82, 2.24) is 10.2 Å². The van der Waals surface area contributed by atoms with Gasteiger partial charge in [0.25, 0.3) is 10.0 Å². The second kappa shape index (κ2) is 13.9. The fraction of sp³-hybridized carbons (Fsp3) is 0.375. The van der Waals surface area contributed by atoms with Gasteiger partial charge < -0.3 is 19.7 Å². The average Bonchev–Trinajstić information content (AvgIpc) is 3.52. The number of nitrogens with zero attached hydrogens (tertiary/aromatic N) is 2. The van der Waals surface area contributed by atoms with E-state index in [9.17, 15) is 22.4 Å². The molecule has 0 aliphatic heterocycles. The number of nitrogens with one attached hydrogen (secondary N) is 1. The van der Waals surface area contributed by atoms with Crippen molar-refractivity contribution >= 4 is 27.5 Å². The molecule has 3 aromatic carbocycles. The molecule has 0 heterocycles. The second-order valence-corrected chi connectivity index (χ2v) is 12.5. The van der Waals surface area contributed by atoms with E-state index >= 15 is 0 Å². The molecule has 1 atom stereocenters. The summed E-state index contributed by atoms with van der Waals surface area (Å²) in [6.07, 6.45) is 3.72. The maximum Gasteiger partial charge on any atom is 0.264 e. The van der Waals surface area contributed by atoms with E-state index in [0.717, 1.165) is 35.6 Å². The molecular formula is C32H38FN3O6S. The van der Waals surface area contributed by atoms with Crippen LogP contribution in [0.1, 0.15) is 43.7 Å². The number of ether oxygens (including phenoxy) is 2. The van der Waals surface area contributed by atoms with Crippen LogP contribution in [0.15, 0.2) is 71.6 Å². The molecule has 1 unspecified atom stereocenters. The molecule has 1 saturated carbocycles. The Kier molecular flexibility index (Phi) is 10.3. The third-order valence-corrected chi connectivity index (χ3v) is 9.48. The van der Waals surface area contributed by atoms with Crippen molar-refractivity contribution in [3.05, 3.63) is 83.7 Å². The van der Waals surface area contributed by atoms with Crippen LogP contribution < -0.4 is 19.1 Å². The minimum atomic E-state index is -4.32. The van der Waals surface area contributed by atoms with Crippen LogP contribution in [0.4, 0.5) is 10.1 Å². The Morgan fingerprint density at radius 2 is 1.63 bits per heavy atom. The Balaban J connectivity index is 1.72. The highest BCUT2D eigenvalue weighted by Crippen LogP contribution is 2.32. The number of halogens is 1. The van der Waals surface area contributed by atoms with Gasteiger partial charge in [-0.15, -0.1) is 0 Å². The van der Waals surface area contributed by atoms with Crippen molar-refractivity contribution in [2.45, 2.75) is 63.1 Å². The summed E-state index contributed by atoms with van der Waals surface area (Å²) in [6, 6.07) is 15.9. The van der Waals surface area contributed by atoms with Crippen molar-refractivity contribution < 1.29 is 31.9 Å². The lowest BCUT2D eigenvalue weighted by Gasteiger charge is -2.32. The topological polar surface area (TPSA) is 105 Å². The molecule has 1 aliphatic carbocycles. The molecule has 0 aromatic heterocycles. The summed E-state index contributed by atoms with van der Waals surface area (Å²) < 4.78 is 54.5. The molecule has 2 amide bonds. The molecule has 1 fully saturated rings. The van der Waals surface area contributed by atoms with E-state index in [2.05, 4.69) is 5.32 Å². The highest BCUT2D eigenvalue weighted by atomic mass is 32.2.